The summed E-state index contributed by atoms with van der Waals surface area (Å²) in [4.78, 5) is 47.8. The van der Waals surface area contributed by atoms with E-state index in [4.69, 9.17) is 0 Å². The molecule has 0 radical (unpaired) electrons. The Labute approximate surface area is 122 Å². The third-order valence-corrected chi connectivity index (χ3v) is 3.41. The van der Waals surface area contributed by atoms with Gasteiger partial charge in [-0.3, -0.25) is 19.8 Å². The maximum absolute atomic E-state index is 12.2. The van der Waals surface area contributed by atoms with E-state index in [1.54, 1.807) is 13.8 Å². The van der Waals surface area contributed by atoms with Crippen molar-refractivity contribution in [2.75, 3.05) is 13.1 Å². The van der Waals surface area contributed by atoms with E-state index in [2.05, 4.69) is 17.2 Å². The molecule has 6 amide bonds. The van der Waals surface area contributed by atoms with Crippen LogP contribution in [0.4, 0.5) is 9.59 Å². The van der Waals surface area contributed by atoms with Crippen LogP contribution in [0, 0.1) is 0 Å². The summed E-state index contributed by atoms with van der Waals surface area (Å²) >= 11 is 0. The van der Waals surface area contributed by atoms with Gasteiger partial charge in [-0.15, -0.1) is 6.58 Å². The molecule has 1 heterocycles. The lowest BCUT2D eigenvalue weighted by molar-refractivity contribution is -0.134. The van der Waals surface area contributed by atoms with E-state index in [0.29, 0.717) is 12.8 Å². The molecular formula is C13H20N4O4. The summed E-state index contributed by atoms with van der Waals surface area (Å²) in [6, 6.07) is -1.32. The van der Waals surface area contributed by atoms with Crippen molar-refractivity contribution in [1.29, 1.82) is 0 Å². The fraction of sp³-hybridized carbons (Fsp3) is 0.538. The lowest BCUT2D eigenvalue weighted by Gasteiger charge is -2.22. The zero-order valence-corrected chi connectivity index (χ0v) is 12.2. The van der Waals surface area contributed by atoms with Gasteiger partial charge < -0.3 is 10.6 Å². The van der Waals surface area contributed by atoms with Crippen molar-refractivity contribution < 1.29 is 19.2 Å². The second-order valence-electron chi connectivity index (χ2n) is 4.66. The molecule has 1 aliphatic rings. The molecule has 3 N–H and O–H groups in total. The molecule has 0 unspecified atom stereocenters. The van der Waals surface area contributed by atoms with Gasteiger partial charge in [-0.2, -0.15) is 0 Å². The van der Waals surface area contributed by atoms with Crippen molar-refractivity contribution in [3.63, 3.8) is 0 Å². The second-order valence-corrected chi connectivity index (χ2v) is 4.66. The number of urea groups is 2. The summed E-state index contributed by atoms with van der Waals surface area (Å²) in [7, 11) is 0. The summed E-state index contributed by atoms with van der Waals surface area (Å²) in [5, 5.41) is 6.99. The monoisotopic (exact) mass is 296 g/mol. The lowest BCUT2D eigenvalue weighted by atomic mass is 9.93. The fourth-order valence-electron chi connectivity index (χ4n) is 2.07. The minimum Gasteiger partial charge on any atom is -0.334 e. The predicted molar refractivity (Wildman–Crippen MR) is 75.3 cm³/mol. The van der Waals surface area contributed by atoms with Gasteiger partial charge in [0.2, 0.25) is 5.91 Å². The number of nitrogens with zero attached hydrogens (tertiary/aromatic N) is 1. The quantitative estimate of drug-likeness (QED) is 0.477. The molecule has 0 saturated carbocycles. The number of hydrogen-bond donors (Lipinski definition) is 3. The Hall–Kier alpha value is -2.38. The first-order valence-corrected chi connectivity index (χ1v) is 6.72. The van der Waals surface area contributed by atoms with Crippen molar-refractivity contribution in [1.82, 2.24) is 20.9 Å². The Morgan fingerprint density at radius 3 is 2.43 bits per heavy atom. The Morgan fingerprint density at radius 2 is 1.95 bits per heavy atom. The van der Waals surface area contributed by atoms with Crippen molar-refractivity contribution >= 4 is 23.9 Å². The van der Waals surface area contributed by atoms with Crippen LogP contribution in [0.25, 0.3) is 0 Å². The van der Waals surface area contributed by atoms with Gasteiger partial charge in [0.15, 0.2) is 0 Å². The second kappa shape index (κ2) is 6.87. The van der Waals surface area contributed by atoms with Gasteiger partial charge in [0.1, 0.15) is 12.1 Å². The average Bonchev–Trinajstić information content (AvgIpc) is 2.69. The van der Waals surface area contributed by atoms with E-state index in [1.165, 1.54) is 6.08 Å². The van der Waals surface area contributed by atoms with Gasteiger partial charge in [-0.05, 0) is 12.8 Å². The fourth-order valence-corrected chi connectivity index (χ4v) is 2.07. The van der Waals surface area contributed by atoms with Crippen molar-refractivity contribution in [2.24, 2.45) is 0 Å². The number of carbonyl (C=O) groups excluding carboxylic acids is 4. The molecule has 1 fully saturated rings. The van der Waals surface area contributed by atoms with Crippen molar-refractivity contribution in [3.8, 4) is 0 Å². The molecule has 116 valence electrons. The van der Waals surface area contributed by atoms with Crippen molar-refractivity contribution in [2.45, 2.75) is 32.2 Å². The maximum Gasteiger partial charge on any atom is 0.325 e. The molecule has 8 nitrogen and oxygen atoms in total. The minimum absolute atomic E-state index is 0.205. The van der Waals surface area contributed by atoms with Crippen LogP contribution in [0.2, 0.25) is 0 Å². The van der Waals surface area contributed by atoms with Gasteiger partial charge >= 0.3 is 12.1 Å². The number of nitrogens with one attached hydrogen (secondary N) is 3. The van der Waals surface area contributed by atoms with E-state index in [1.807, 2.05) is 5.32 Å². The van der Waals surface area contributed by atoms with Crippen LogP contribution in [0.5, 0.6) is 0 Å². The molecule has 1 saturated heterocycles. The van der Waals surface area contributed by atoms with E-state index < -0.39 is 36.0 Å². The first-order chi connectivity index (χ1) is 9.90. The Balaban J connectivity index is 2.64. The number of hydrogen-bond acceptors (Lipinski definition) is 4. The molecule has 0 bridgehead atoms. The highest BCUT2D eigenvalue weighted by atomic mass is 16.2. The summed E-state index contributed by atoms with van der Waals surface area (Å²) < 4.78 is 0. The number of amides is 6. The molecule has 1 rings (SSSR count). The highest BCUT2D eigenvalue weighted by molar-refractivity contribution is 6.09. The highest BCUT2D eigenvalue weighted by Crippen LogP contribution is 2.24. The van der Waals surface area contributed by atoms with E-state index in [9.17, 15) is 19.2 Å². The highest BCUT2D eigenvalue weighted by Gasteiger charge is 2.49. The van der Waals surface area contributed by atoms with Gasteiger partial charge in [0.25, 0.3) is 5.91 Å². The van der Waals surface area contributed by atoms with Crippen LogP contribution >= 0.6 is 0 Å². The first kappa shape index (κ1) is 16.7. The van der Waals surface area contributed by atoms with Crippen LogP contribution in [0.1, 0.15) is 26.7 Å². The minimum atomic E-state index is -0.956. The van der Waals surface area contributed by atoms with Gasteiger partial charge in [-0.25, -0.2) is 9.59 Å². The lowest BCUT2D eigenvalue weighted by Crippen LogP contribution is -2.48. The largest absolute Gasteiger partial charge is 0.334 e. The molecule has 21 heavy (non-hydrogen) atoms. The van der Waals surface area contributed by atoms with Crippen LogP contribution in [-0.4, -0.2) is 47.4 Å². The normalized spacial score (nSPS) is 16.4. The molecule has 0 spiro atoms. The smallest absolute Gasteiger partial charge is 0.325 e. The van der Waals surface area contributed by atoms with Gasteiger partial charge in [0.05, 0.1) is 0 Å². The van der Waals surface area contributed by atoms with Crippen molar-refractivity contribution in [3.05, 3.63) is 12.7 Å². The summed E-state index contributed by atoms with van der Waals surface area (Å²) in [5.74, 6) is -1.18. The third-order valence-electron chi connectivity index (χ3n) is 3.41. The van der Waals surface area contributed by atoms with Crippen LogP contribution in [-0.2, 0) is 9.59 Å². The molecule has 0 aromatic carbocycles. The first-order valence-electron chi connectivity index (χ1n) is 6.72. The van der Waals surface area contributed by atoms with E-state index >= 15 is 0 Å². The van der Waals surface area contributed by atoms with Gasteiger partial charge in [-0.1, -0.05) is 19.9 Å². The molecule has 0 aliphatic carbocycles. The zero-order chi connectivity index (χ0) is 16.0. The van der Waals surface area contributed by atoms with Crippen LogP contribution < -0.4 is 16.0 Å². The Morgan fingerprint density at radius 1 is 1.33 bits per heavy atom. The molecular weight excluding hydrogens is 276 g/mol. The van der Waals surface area contributed by atoms with Crippen LogP contribution in [0.15, 0.2) is 12.7 Å². The molecule has 8 heteroatoms. The Kier molecular flexibility index (Phi) is 5.45. The number of imide groups is 2. The molecule has 0 atom stereocenters. The zero-order valence-electron chi connectivity index (χ0n) is 12.2. The third kappa shape index (κ3) is 3.59. The molecule has 0 aromatic rings. The summed E-state index contributed by atoms with van der Waals surface area (Å²) in [6.07, 6.45) is 2.33. The average molecular weight is 296 g/mol. The molecule has 1 aliphatic heterocycles. The van der Waals surface area contributed by atoms with Crippen LogP contribution in [0.3, 0.4) is 0 Å². The number of rotatable bonds is 6. The molecule has 0 aromatic heterocycles. The summed E-state index contributed by atoms with van der Waals surface area (Å²) in [5.41, 5.74) is -0.956. The standard InChI is InChI=1S/C13H20N4O4/c1-4-7-14-11(20)15-9(18)8-17-10(19)13(5-2,6-3)16-12(17)21/h4H,1,5-8H2,2-3H3,(H,16,21)(H2,14,15,18,20). The van der Waals surface area contributed by atoms with Gasteiger partial charge in [0, 0.05) is 6.54 Å². The van der Waals surface area contributed by atoms with E-state index in [0.717, 1.165) is 4.90 Å². The topological polar surface area (TPSA) is 108 Å². The predicted octanol–water partition coefficient (Wildman–Crippen LogP) is 0.109. The Bertz CT molecular complexity index is 471. The van der Waals surface area contributed by atoms with E-state index in [-0.39, 0.29) is 6.54 Å². The summed E-state index contributed by atoms with van der Waals surface area (Å²) in [6.45, 7) is 6.70. The maximum atomic E-state index is 12.2. The SMILES string of the molecule is C=CCNC(=O)NC(=O)CN1C(=O)NC(CC)(CC)C1=O. The number of carbonyl (C=O) groups is 4.